The molecule has 1 aliphatic heterocycles. The molecule has 1 aliphatic rings. The molecule has 4 rings (SSSR count). The fourth-order valence-electron chi connectivity index (χ4n) is 4.14. The Kier molecular flexibility index (Phi) is 7.34. The highest BCUT2D eigenvalue weighted by atomic mass is 16.7. The molecule has 13 heteroatoms. The van der Waals surface area contributed by atoms with Crippen LogP contribution in [0.1, 0.15) is 0 Å². The minimum Gasteiger partial charge on any atom is -0.507 e. The van der Waals surface area contributed by atoms with Crippen LogP contribution in [0.5, 0.6) is 34.5 Å². The van der Waals surface area contributed by atoms with Crippen LogP contribution in [0.3, 0.4) is 0 Å². The van der Waals surface area contributed by atoms with Gasteiger partial charge in [-0.05, 0) is 12.1 Å². The van der Waals surface area contributed by atoms with E-state index in [1.807, 2.05) is 0 Å². The van der Waals surface area contributed by atoms with Crippen LogP contribution in [0.4, 0.5) is 0 Å². The van der Waals surface area contributed by atoms with Crippen molar-refractivity contribution in [3.05, 3.63) is 34.5 Å². The van der Waals surface area contributed by atoms with Gasteiger partial charge in [-0.1, -0.05) is 6.07 Å². The van der Waals surface area contributed by atoms with Gasteiger partial charge in [-0.3, -0.25) is 4.79 Å². The van der Waals surface area contributed by atoms with Gasteiger partial charge in [-0.15, -0.1) is 0 Å². The average Bonchev–Trinajstić information content (AvgIpc) is 2.88. The van der Waals surface area contributed by atoms with E-state index in [0.717, 1.165) is 6.07 Å². The van der Waals surface area contributed by atoms with Crippen molar-refractivity contribution >= 4 is 11.0 Å². The third kappa shape index (κ3) is 4.36. The Labute approximate surface area is 209 Å². The molecule has 1 saturated heterocycles. The molecule has 0 radical (unpaired) electrons. The first kappa shape index (κ1) is 26.3. The van der Waals surface area contributed by atoms with Crippen molar-refractivity contribution in [3.63, 3.8) is 0 Å². The number of hydrogen-bond acceptors (Lipinski definition) is 13. The zero-order valence-corrected chi connectivity index (χ0v) is 19.9. The fraction of sp³-hybridized carbons (Fsp3) is 0.375. The molecular weight excluding hydrogens is 496 g/mol. The molecule has 1 aromatic heterocycles. The van der Waals surface area contributed by atoms with E-state index in [1.54, 1.807) is 0 Å². The SMILES string of the molecule is COc1c(OC)c(O)c2c(=O)cc(-c3c(O)cccc3O[C@@H]3OC(CO)[C@@H](O)[C@H](O)C3O)oc2c1OC. The summed E-state index contributed by atoms with van der Waals surface area (Å²) in [4.78, 5) is 13.1. The maximum atomic E-state index is 13.1. The predicted molar refractivity (Wildman–Crippen MR) is 125 cm³/mol. The minimum atomic E-state index is -1.73. The van der Waals surface area contributed by atoms with Gasteiger partial charge in [-0.25, -0.2) is 0 Å². The zero-order chi connectivity index (χ0) is 27.0. The summed E-state index contributed by atoms with van der Waals surface area (Å²) in [5.41, 5.74) is -1.09. The minimum absolute atomic E-state index is 0.0506. The van der Waals surface area contributed by atoms with E-state index >= 15 is 0 Å². The highest BCUT2D eigenvalue weighted by Crippen LogP contribution is 2.50. The van der Waals surface area contributed by atoms with E-state index < -0.39 is 54.2 Å². The van der Waals surface area contributed by atoms with Gasteiger partial charge in [0, 0.05) is 6.07 Å². The molecule has 3 aromatic rings. The van der Waals surface area contributed by atoms with Gasteiger partial charge in [0.1, 0.15) is 52.6 Å². The highest BCUT2D eigenvalue weighted by Gasteiger charge is 2.45. The molecule has 2 unspecified atom stereocenters. The Morgan fingerprint density at radius 2 is 1.59 bits per heavy atom. The quantitative estimate of drug-likeness (QED) is 0.244. The number of ether oxygens (including phenoxy) is 5. The molecule has 2 aromatic carbocycles. The first-order valence-corrected chi connectivity index (χ1v) is 11.0. The summed E-state index contributed by atoms with van der Waals surface area (Å²) in [6, 6.07) is 5.03. The number of phenols is 2. The monoisotopic (exact) mass is 522 g/mol. The molecule has 0 saturated carbocycles. The number of aromatic hydroxyl groups is 2. The van der Waals surface area contributed by atoms with Crippen LogP contribution >= 0.6 is 0 Å². The van der Waals surface area contributed by atoms with Crippen LogP contribution in [-0.4, -0.2) is 89.3 Å². The number of phenolic OH excluding ortho intramolecular Hbond substituents is 2. The largest absolute Gasteiger partial charge is 0.507 e. The number of methoxy groups -OCH3 is 3. The normalized spacial score (nSPS) is 23.6. The van der Waals surface area contributed by atoms with Crippen molar-refractivity contribution in [1.29, 1.82) is 0 Å². The lowest BCUT2D eigenvalue weighted by molar-refractivity contribution is -0.277. The van der Waals surface area contributed by atoms with Gasteiger partial charge in [0.25, 0.3) is 0 Å². The number of benzene rings is 2. The van der Waals surface area contributed by atoms with E-state index in [2.05, 4.69) is 0 Å². The molecule has 5 atom stereocenters. The molecule has 1 fully saturated rings. The Hall–Kier alpha value is -3.75. The van der Waals surface area contributed by atoms with Gasteiger partial charge < -0.3 is 58.7 Å². The summed E-state index contributed by atoms with van der Waals surface area (Å²) in [5, 5.41) is 60.9. The van der Waals surface area contributed by atoms with E-state index in [4.69, 9.17) is 28.1 Å². The van der Waals surface area contributed by atoms with Gasteiger partial charge in [0.2, 0.25) is 23.5 Å². The lowest BCUT2D eigenvalue weighted by Gasteiger charge is -2.39. The van der Waals surface area contributed by atoms with Gasteiger partial charge >= 0.3 is 0 Å². The third-order valence-corrected chi connectivity index (χ3v) is 5.97. The van der Waals surface area contributed by atoms with E-state index in [-0.39, 0.29) is 45.3 Å². The summed E-state index contributed by atoms with van der Waals surface area (Å²) < 4.78 is 32.8. The van der Waals surface area contributed by atoms with Crippen LogP contribution in [0, 0.1) is 0 Å². The van der Waals surface area contributed by atoms with Gasteiger partial charge in [0.15, 0.2) is 16.8 Å². The third-order valence-electron chi connectivity index (χ3n) is 5.97. The van der Waals surface area contributed by atoms with Crippen LogP contribution in [0.15, 0.2) is 33.5 Å². The van der Waals surface area contributed by atoms with E-state index in [9.17, 15) is 35.4 Å². The van der Waals surface area contributed by atoms with Crippen molar-refractivity contribution in [2.45, 2.75) is 30.7 Å². The van der Waals surface area contributed by atoms with Crippen LogP contribution in [-0.2, 0) is 4.74 Å². The average molecular weight is 522 g/mol. The van der Waals surface area contributed by atoms with E-state index in [0.29, 0.717) is 0 Å². The molecule has 200 valence electrons. The molecule has 0 aliphatic carbocycles. The smallest absolute Gasteiger partial charge is 0.229 e. The van der Waals surface area contributed by atoms with Crippen LogP contribution in [0.25, 0.3) is 22.3 Å². The first-order valence-electron chi connectivity index (χ1n) is 11.0. The lowest BCUT2D eigenvalue weighted by atomic mass is 9.99. The van der Waals surface area contributed by atoms with Crippen molar-refractivity contribution in [1.82, 2.24) is 0 Å². The number of aliphatic hydroxyl groups is 4. The van der Waals surface area contributed by atoms with Crippen molar-refractivity contribution < 1.29 is 58.7 Å². The molecule has 37 heavy (non-hydrogen) atoms. The second-order valence-electron chi connectivity index (χ2n) is 8.09. The summed E-state index contributed by atoms with van der Waals surface area (Å²) in [5.74, 6) is -1.58. The molecular formula is C24H26O13. The van der Waals surface area contributed by atoms with Gasteiger partial charge in [-0.2, -0.15) is 0 Å². The highest BCUT2D eigenvalue weighted by molar-refractivity contribution is 5.95. The molecule has 0 bridgehead atoms. The van der Waals surface area contributed by atoms with Crippen molar-refractivity contribution in [2.24, 2.45) is 0 Å². The topological polar surface area (TPSA) is 198 Å². The second kappa shape index (κ2) is 10.3. The molecule has 6 N–H and O–H groups in total. The Balaban J connectivity index is 1.88. The van der Waals surface area contributed by atoms with Crippen molar-refractivity contribution in [3.8, 4) is 45.8 Å². The number of fused-ring (bicyclic) bond motifs is 1. The van der Waals surface area contributed by atoms with Crippen LogP contribution in [0.2, 0.25) is 0 Å². The maximum Gasteiger partial charge on any atom is 0.229 e. The Morgan fingerprint density at radius 1 is 0.919 bits per heavy atom. The lowest BCUT2D eigenvalue weighted by Crippen LogP contribution is -2.60. The zero-order valence-electron chi connectivity index (χ0n) is 19.9. The second-order valence-corrected chi connectivity index (χ2v) is 8.09. The molecule has 13 nitrogen and oxygen atoms in total. The number of hydrogen-bond donors (Lipinski definition) is 6. The van der Waals surface area contributed by atoms with Crippen molar-refractivity contribution in [2.75, 3.05) is 27.9 Å². The maximum absolute atomic E-state index is 13.1. The Bertz CT molecular complexity index is 1350. The van der Waals surface area contributed by atoms with Gasteiger partial charge in [0.05, 0.1) is 27.9 Å². The standard InChI is InChI=1S/C24H26O13/c1-32-21-17(29)15-10(27)7-12(35-20(15)22(33-2)23(21)34-3)14-9(26)5-4-6-11(14)36-24-19(31)18(30)16(28)13(8-25)37-24/h4-7,13,16,18-19,24-26,28-31H,8H2,1-3H3/t13?,16-,18+,19?,24-/m1/s1. The molecule has 0 spiro atoms. The first-order chi connectivity index (χ1) is 17.7. The fourth-order valence-corrected chi connectivity index (χ4v) is 4.14. The number of rotatable bonds is 7. The summed E-state index contributed by atoms with van der Waals surface area (Å²) in [7, 11) is 3.85. The Morgan fingerprint density at radius 3 is 2.22 bits per heavy atom. The number of aliphatic hydroxyl groups excluding tert-OH is 4. The summed E-state index contributed by atoms with van der Waals surface area (Å²) >= 11 is 0. The van der Waals surface area contributed by atoms with Crippen LogP contribution < -0.4 is 24.4 Å². The summed E-state index contributed by atoms with van der Waals surface area (Å²) in [6.07, 6.45) is -7.85. The predicted octanol–water partition coefficient (Wildman–Crippen LogP) is 0.0757. The summed E-state index contributed by atoms with van der Waals surface area (Å²) in [6.45, 7) is -0.675. The molecule has 0 amide bonds. The van der Waals surface area contributed by atoms with E-state index in [1.165, 1.54) is 39.5 Å². The molecule has 2 heterocycles.